The van der Waals surface area contributed by atoms with Crippen LogP contribution >= 0.6 is 0 Å². The van der Waals surface area contributed by atoms with E-state index < -0.39 is 10.0 Å². The summed E-state index contributed by atoms with van der Waals surface area (Å²) in [4.78, 5) is 6.69. The summed E-state index contributed by atoms with van der Waals surface area (Å²) in [5, 5.41) is 8.44. The van der Waals surface area contributed by atoms with Crippen molar-refractivity contribution in [1.29, 1.82) is 0 Å². The van der Waals surface area contributed by atoms with Crippen molar-refractivity contribution in [2.24, 2.45) is 10.1 Å². The SMILES string of the molecule is CCNC(=NCc1cccc(S(N)(=O)=O)c1)N(C)Cc1ccccc1OC. The number of para-hydroxylation sites is 1. The number of sulfonamides is 1. The third-order valence-corrected chi connectivity index (χ3v) is 4.85. The lowest BCUT2D eigenvalue weighted by atomic mass is 10.2. The van der Waals surface area contributed by atoms with Gasteiger partial charge >= 0.3 is 0 Å². The standard InChI is InChI=1S/C19H26N4O3S/c1-4-21-19(23(2)14-16-9-5-6-11-18(16)26-3)22-13-15-8-7-10-17(12-15)27(20,24)25/h5-12H,4,13-14H2,1-3H3,(H,21,22)(H2,20,24,25). The Morgan fingerprint density at radius 1 is 1.22 bits per heavy atom. The van der Waals surface area contributed by atoms with Crippen LogP contribution in [0.2, 0.25) is 0 Å². The number of methoxy groups -OCH3 is 1. The number of hydrogen-bond donors (Lipinski definition) is 2. The fourth-order valence-electron chi connectivity index (χ4n) is 2.62. The molecule has 3 N–H and O–H groups in total. The summed E-state index contributed by atoms with van der Waals surface area (Å²) in [7, 11) is -0.139. The van der Waals surface area contributed by atoms with Crippen LogP contribution in [0.5, 0.6) is 5.75 Å². The van der Waals surface area contributed by atoms with Crippen molar-refractivity contribution in [2.45, 2.75) is 24.9 Å². The van der Waals surface area contributed by atoms with Crippen molar-refractivity contribution in [3.05, 3.63) is 59.7 Å². The Kier molecular flexibility index (Phi) is 7.20. The van der Waals surface area contributed by atoms with Crippen molar-refractivity contribution in [3.63, 3.8) is 0 Å². The molecule has 0 unspecified atom stereocenters. The second-order valence-electron chi connectivity index (χ2n) is 6.03. The molecule has 0 heterocycles. The van der Waals surface area contributed by atoms with E-state index in [-0.39, 0.29) is 4.90 Å². The van der Waals surface area contributed by atoms with Gasteiger partial charge in [0.15, 0.2) is 5.96 Å². The zero-order valence-corrected chi connectivity index (χ0v) is 16.7. The van der Waals surface area contributed by atoms with Crippen molar-refractivity contribution >= 4 is 16.0 Å². The van der Waals surface area contributed by atoms with Crippen LogP contribution < -0.4 is 15.2 Å². The molecule has 0 bridgehead atoms. The van der Waals surface area contributed by atoms with E-state index in [1.54, 1.807) is 19.2 Å². The maximum Gasteiger partial charge on any atom is 0.238 e. The van der Waals surface area contributed by atoms with Gasteiger partial charge in [-0.15, -0.1) is 0 Å². The number of hydrogen-bond acceptors (Lipinski definition) is 4. The van der Waals surface area contributed by atoms with Gasteiger partial charge in [-0.2, -0.15) is 0 Å². The molecule has 0 spiro atoms. The van der Waals surface area contributed by atoms with Gasteiger partial charge in [0.25, 0.3) is 0 Å². The largest absolute Gasteiger partial charge is 0.496 e. The molecule has 0 aliphatic heterocycles. The number of primary sulfonamides is 1. The molecule has 0 aliphatic rings. The highest BCUT2D eigenvalue weighted by atomic mass is 32.2. The first-order valence-corrected chi connectivity index (χ1v) is 10.1. The van der Waals surface area contributed by atoms with Gasteiger partial charge in [0.05, 0.1) is 18.6 Å². The molecule has 2 aromatic rings. The number of rotatable bonds is 7. The molecule has 2 rings (SSSR count). The highest BCUT2D eigenvalue weighted by Gasteiger charge is 2.11. The van der Waals surface area contributed by atoms with E-state index in [0.717, 1.165) is 16.9 Å². The maximum absolute atomic E-state index is 11.5. The number of nitrogens with zero attached hydrogens (tertiary/aromatic N) is 2. The van der Waals surface area contributed by atoms with Gasteiger partial charge in [0.2, 0.25) is 10.0 Å². The highest BCUT2D eigenvalue weighted by Crippen LogP contribution is 2.19. The van der Waals surface area contributed by atoms with E-state index in [9.17, 15) is 8.42 Å². The molecule has 8 heteroatoms. The fraction of sp³-hybridized carbons (Fsp3) is 0.316. The van der Waals surface area contributed by atoms with Gasteiger partial charge in [-0.25, -0.2) is 18.5 Å². The third kappa shape index (κ3) is 5.97. The van der Waals surface area contributed by atoms with Crippen LogP contribution in [0.25, 0.3) is 0 Å². The van der Waals surface area contributed by atoms with Crippen molar-refractivity contribution in [1.82, 2.24) is 10.2 Å². The summed E-state index contributed by atoms with van der Waals surface area (Å²) in [6, 6.07) is 14.3. The molecular weight excluding hydrogens is 364 g/mol. The number of aliphatic imine (C=N–C) groups is 1. The van der Waals surface area contributed by atoms with Crippen LogP contribution in [-0.4, -0.2) is 40.0 Å². The topological polar surface area (TPSA) is 97.0 Å². The lowest BCUT2D eigenvalue weighted by Gasteiger charge is -2.23. The van der Waals surface area contributed by atoms with E-state index >= 15 is 0 Å². The Bertz CT molecular complexity index is 897. The minimum Gasteiger partial charge on any atom is -0.496 e. The average Bonchev–Trinajstić information content (AvgIpc) is 2.65. The Labute approximate surface area is 160 Å². The Morgan fingerprint density at radius 3 is 2.63 bits per heavy atom. The van der Waals surface area contributed by atoms with Gasteiger partial charge in [-0.05, 0) is 30.7 Å². The monoisotopic (exact) mass is 390 g/mol. The molecule has 0 fully saturated rings. The Morgan fingerprint density at radius 2 is 1.96 bits per heavy atom. The van der Waals surface area contributed by atoms with Crippen LogP contribution in [0, 0.1) is 0 Å². The predicted octanol–water partition coefficient (Wildman–Crippen LogP) is 1.94. The second kappa shape index (κ2) is 9.38. The molecule has 0 saturated heterocycles. The number of nitrogens with one attached hydrogen (secondary N) is 1. The Balaban J connectivity index is 2.18. The number of ether oxygens (including phenoxy) is 1. The summed E-state index contributed by atoms with van der Waals surface area (Å²) >= 11 is 0. The van der Waals surface area contributed by atoms with E-state index in [2.05, 4.69) is 10.3 Å². The molecule has 2 aromatic carbocycles. The first kappa shape index (κ1) is 20.7. The maximum atomic E-state index is 11.5. The predicted molar refractivity (Wildman–Crippen MR) is 107 cm³/mol. The lowest BCUT2D eigenvalue weighted by molar-refractivity contribution is 0.396. The smallest absolute Gasteiger partial charge is 0.238 e. The van der Waals surface area contributed by atoms with Gasteiger partial charge in [0.1, 0.15) is 5.75 Å². The van der Waals surface area contributed by atoms with Crippen molar-refractivity contribution < 1.29 is 13.2 Å². The van der Waals surface area contributed by atoms with Gasteiger partial charge in [-0.3, -0.25) is 0 Å². The highest BCUT2D eigenvalue weighted by molar-refractivity contribution is 7.89. The molecule has 0 saturated carbocycles. The van der Waals surface area contributed by atoms with Gasteiger partial charge in [-0.1, -0.05) is 30.3 Å². The summed E-state index contributed by atoms with van der Waals surface area (Å²) in [6.07, 6.45) is 0. The molecule has 146 valence electrons. The van der Waals surface area contributed by atoms with E-state index in [1.807, 2.05) is 49.2 Å². The fourth-order valence-corrected chi connectivity index (χ4v) is 3.20. The molecule has 7 nitrogen and oxygen atoms in total. The second-order valence-corrected chi connectivity index (χ2v) is 7.59. The lowest BCUT2D eigenvalue weighted by Crippen LogP contribution is -2.38. The zero-order chi connectivity index (χ0) is 19.9. The van der Waals surface area contributed by atoms with Crippen molar-refractivity contribution in [3.8, 4) is 5.75 Å². The molecule has 0 radical (unpaired) electrons. The van der Waals surface area contributed by atoms with Crippen molar-refractivity contribution in [2.75, 3.05) is 20.7 Å². The summed E-state index contributed by atoms with van der Waals surface area (Å²) in [5.74, 6) is 1.53. The molecule has 0 atom stereocenters. The van der Waals surface area contributed by atoms with Crippen LogP contribution in [0.15, 0.2) is 58.4 Å². The number of benzene rings is 2. The summed E-state index contributed by atoms with van der Waals surface area (Å²) in [5.41, 5.74) is 1.81. The molecular formula is C19H26N4O3S. The van der Waals surface area contributed by atoms with Crippen LogP contribution in [0.4, 0.5) is 0 Å². The molecule has 27 heavy (non-hydrogen) atoms. The third-order valence-electron chi connectivity index (χ3n) is 3.93. The number of nitrogens with two attached hydrogens (primary N) is 1. The van der Waals surface area contributed by atoms with E-state index in [1.165, 1.54) is 6.07 Å². The van der Waals surface area contributed by atoms with Gasteiger partial charge < -0.3 is 15.0 Å². The normalized spacial score (nSPS) is 11.9. The van der Waals surface area contributed by atoms with Crippen LogP contribution in [-0.2, 0) is 23.1 Å². The molecule has 0 aromatic heterocycles. The first-order chi connectivity index (χ1) is 12.8. The van der Waals surface area contributed by atoms with Gasteiger partial charge in [0, 0.05) is 25.7 Å². The zero-order valence-electron chi connectivity index (χ0n) is 15.8. The Hall–Kier alpha value is -2.58. The average molecular weight is 391 g/mol. The molecule has 0 aliphatic carbocycles. The van der Waals surface area contributed by atoms with Crippen LogP contribution in [0.1, 0.15) is 18.1 Å². The minimum atomic E-state index is -3.73. The first-order valence-electron chi connectivity index (χ1n) is 8.58. The summed E-state index contributed by atoms with van der Waals surface area (Å²) in [6.45, 7) is 3.66. The molecule has 0 amide bonds. The van der Waals surface area contributed by atoms with E-state index in [0.29, 0.717) is 25.6 Å². The quantitative estimate of drug-likeness (QED) is 0.556. The minimum absolute atomic E-state index is 0.0857. The number of guanidine groups is 1. The van der Waals surface area contributed by atoms with E-state index in [4.69, 9.17) is 9.88 Å². The summed E-state index contributed by atoms with van der Waals surface area (Å²) < 4.78 is 28.4. The van der Waals surface area contributed by atoms with Crippen LogP contribution in [0.3, 0.4) is 0 Å².